The zero-order chi connectivity index (χ0) is 15.6. The first kappa shape index (κ1) is 14.4. The summed E-state index contributed by atoms with van der Waals surface area (Å²) >= 11 is 0. The quantitative estimate of drug-likeness (QED) is 0.676. The Morgan fingerprint density at radius 3 is 2.91 bits per heavy atom. The number of amides is 1. The molecule has 0 radical (unpaired) electrons. The van der Waals surface area contributed by atoms with E-state index in [0.29, 0.717) is 18.5 Å². The van der Waals surface area contributed by atoms with Gasteiger partial charge in [-0.05, 0) is 31.4 Å². The average molecular weight is 304 g/mol. The van der Waals surface area contributed by atoms with Crippen LogP contribution in [0.25, 0.3) is 0 Å². The number of nitrogens with one attached hydrogen (secondary N) is 1. The van der Waals surface area contributed by atoms with Crippen molar-refractivity contribution >= 4 is 17.3 Å². The van der Waals surface area contributed by atoms with Crippen LogP contribution in [0.2, 0.25) is 0 Å². The third-order valence-electron chi connectivity index (χ3n) is 4.19. The number of rotatable bonds is 3. The fraction of sp³-hybridized carbons (Fsp3) is 0.500. The normalized spacial score (nSPS) is 27.1. The molecule has 1 aromatic heterocycles. The van der Waals surface area contributed by atoms with Gasteiger partial charge in [0, 0.05) is 35.8 Å². The molecule has 0 aromatic carbocycles. The van der Waals surface area contributed by atoms with Crippen LogP contribution in [0.4, 0.5) is 5.69 Å². The number of pyridine rings is 1. The first-order valence-corrected chi connectivity index (χ1v) is 7.21. The van der Waals surface area contributed by atoms with E-state index in [1.54, 1.807) is 24.5 Å². The molecule has 1 N–H and O–H groups in total. The number of oxime groups is 1. The van der Waals surface area contributed by atoms with E-state index in [-0.39, 0.29) is 17.1 Å². The van der Waals surface area contributed by atoms with Gasteiger partial charge in [0.05, 0.1) is 0 Å². The molecule has 1 spiro atoms. The lowest BCUT2D eigenvalue weighted by Crippen LogP contribution is -2.49. The molecular formula is C14H16N4O4. The van der Waals surface area contributed by atoms with Crippen molar-refractivity contribution in [2.75, 3.05) is 5.32 Å². The minimum absolute atomic E-state index is 0.176. The van der Waals surface area contributed by atoms with Crippen molar-refractivity contribution in [1.82, 2.24) is 4.98 Å². The Morgan fingerprint density at radius 2 is 2.18 bits per heavy atom. The van der Waals surface area contributed by atoms with Crippen LogP contribution in [0, 0.1) is 10.1 Å². The maximum absolute atomic E-state index is 12.2. The summed E-state index contributed by atoms with van der Waals surface area (Å²) in [5, 5.41) is 17.8. The van der Waals surface area contributed by atoms with Crippen molar-refractivity contribution < 1.29 is 14.6 Å². The van der Waals surface area contributed by atoms with Crippen molar-refractivity contribution in [3.8, 4) is 0 Å². The molecule has 2 heterocycles. The summed E-state index contributed by atoms with van der Waals surface area (Å²) in [4.78, 5) is 32.4. The lowest BCUT2D eigenvalue weighted by atomic mass is 9.77. The molecule has 1 amide bonds. The summed E-state index contributed by atoms with van der Waals surface area (Å²) in [6.45, 7) is 0. The minimum Gasteiger partial charge on any atom is -0.381 e. The maximum atomic E-state index is 12.2. The fourth-order valence-corrected chi connectivity index (χ4v) is 3.06. The summed E-state index contributed by atoms with van der Waals surface area (Å²) in [5.41, 5.74) is -0.171. The van der Waals surface area contributed by atoms with Crippen molar-refractivity contribution in [2.24, 2.45) is 5.16 Å². The zero-order valence-corrected chi connectivity index (χ0v) is 11.9. The average Bonchev–Trinajstić information content (AvgIpc) is 2.93. The van der Waals surface area contributed by atoms with Crippen LogP contribution in [0.1, 0.15) is 32.1 Å². The number of anilines is 1. The Kier molecular flexibility index (Phi) is 3.74. The number of nitrogens with zero attached hydrogens (tertiary/aromatic N) is 3. The molecule has 22 heavy (non-hydrogen) atoms. The second-order valence-corrected chi connectivity index (χ2v) is 5.61. The van der Waals surface area contributed by atoms with Gasteiger partial charge in [0.2, 0.25) is 5.60 Å². The number of hydrogen-bond donors (Lipinski definition) is 1. The molecular weight excluding hydrogens is 288 g/mol. The highest BCUT2D eigenvalue weighted by Crippen LogP contribution is 2.40. The SMILES string of the molecule is O=C(Nc1ccncc1)C1=NOC2(CCCCC2[N+](=O)[O-])C1. The molecule has 1 saturated carbocycles. The molecule has 1 fully saturated rings. The molecule has 8 nitrogen and oxygen atoms in total. The Hall–Kier alpha value is -2.51. The van der Waals surface area contributed by atoms with E-state index in [9.17, 15) is 14.9 Å². The number of hydrogen-bond acceptors (Lipinski definition) is 6. The molecule has 2 aliphatic rings. The van der Waals surface area contributed by atoms with E-state index in [2.05, 4.69) is 15.5 Å². The summed E-state index contributed by atoms with van der Waals surface area (Å²) in [7, 11) is 0. The van der Waals surface area contributed by atoms with Crippen LogP contribution < -0.4 is 5.32 Å². The molecule has 1 aromatic rings. The van der Waals surface area contributed by atoms with E-state index in [1.165, 1.54) is 0 Å². The van der Waals surface area contributed by atoms with E-state index in [0.717, 1.165) is 12.8 Å². The summed E-state index contributed by atoms with van der Waals surface area (Å²) < 4.78 is 0. The van der Waals surface area contributed by atoms with Gasteiger partial charge < -0.3 is 10.2 Å². The third-order valence-corrected chi connectivity index (χ3v) is 4.19. The van der Waals surface area contributed by atoms with Crippen molar-refractivity contribution in [3.05, 3.63) is 34.6 Å². The van der Waals surface area contributed by atoms with E-state index >= 15 is 0 Å². The van der Waals surface area contributed by atoms with Crippen LogP contribution in [0.5, 0.6) is 0 Å². The number of carbonyl (C=O) groups is 1. The third kappa shape index (κ3) is 2.63. The van der Waals surface area contributed by atoms with Crippen LogP contribution >= 0.6 is 0 Å². The van der Waals surface area contributed by atoms with Crippen LogP contribution in [0.15, 0.2) is 29.7 Å². The molecule has 0 bridgehead atoms. The maximum Gasteiger partial charge on any atom is 0.273 e. The van der Waals surface area contributed by atoms with E-state index in [1.807, 2.05) is 0 Å². The molecule has 3 rings (SSSR count). The molecule has 2 unspecified atom stereocenters. The smallest absolute Gasteiger partial charge is 0.273 e. The Balaban J connectivity index is 1.70. The van der Waals surface area contributed by atoms with Crippen molar-refractivity contribution in [3.63, 3.8) is 0 Å². The zero-order valence-electron chi connectivity index (χ0n) is 11.9. The molecule has 1 aliphatic heterocycles. The van der Waals surface area contributed by atoms with Gasteiger partial charge in [-0.2, -0.15) is 0 Å². The minimum atomic E-state index is -0.966. The van der Waals surface area contributed by atoms with Gasteiger partial charge in [-0.1, -0.05) is 5.16 Å². The van der Waals surface area contributed by atoms with Crippen molar-refractivity contribution in [1.29, 1.82) is 0 Å². The second kappa shape index (κ2) is 5.70. The summed E-state index contributed by atoms with van der Waals surface area (Å²) in [5.74, 6) is -0.393. The topological polar surface area (TPSA) is 107 Å². The van der Waals surface area contributed by atoms with Crippen LogP contribution in [0.3, 0.4) is 0 Å². The van der Waals surface area contributed by atoms with Crippen LogP contribution in [-0.4, -0.2) is 33.2 Å². The standard InChI is InChI=1S/C14H16N4O4/c19-13(16-10-4-7-15-8-5-10)11-9-14(22-17-11)6-2-1-3-12(14)18(20)21/h4-5,7-8,12H,1-3,6,9H2,(H,15,16,19). The van der Waals surface area contributed by atoms with Gasteiger partial charge in [0.15, 0.2) is 0 Å². The predicted molar refractivity (Wildman–Crippen MR) is 78.0 cm³/mol. The van der Waals surface area contributed by atoms with E-state index < -0.39 is 17.6 Å². The number of nitro groups is 1. The Bertz CT molecular complexity index is 619. The molecule has 2 atom stereocenters. The molecule has 116 valence electrons. The van der Waals surface area contributed by atoms with Crippen LogP contribution in [-0.2, 0) is 9.63 Å². The van der Waals surface area contributed by atoms with Gasteiger partial charge >= 0.3 is 0 Å². The highest BCUT2D eigenvalue weighted by molar-refractivity contribution is 6.43. The highest BCUT2D eigenvalue weighted by atomic mass is 16.7. The Labute approximate surface area is 126 Å². The number of carbonyl (C=O) groups excluding carboxylic acids is 1. The van der Waals surface area contributed by atoms with Gasteiger partial charge in [-0.25, -0.2) is 0 Å². The summed E-state index contributed by atoms with van der Waals surface area (Å²) in [6, 6.07) is 2.51. The van der Waals surface area contributed by atoms with E-state index in [4.69, 9.17) is 4.84 Å². The van der Waals surface area contributed by atoms with Crippen molar-refractivity contribution in [2.45, 2.75) is 43.7 Å². The second-order valence-electron chi connectivity index (χ2n) is 5.61. The number of aromatic nitrogens is 1. The van der Waals surface area contributed by atoms with Gasteiger partial charge in [0.25, 0.3) is 11.9 Å². The van der Waals surface area contributed by atoms with Gasteiger partial charge in [-0.3, -0.25) is 19.9 Å². The summed E-state index contributed by atoms with van der Waals surface area (Å²) in [6.07, 6.45) is 5.96. The molecule has 8 heteroatoms. The lowest BCUT2D eigenvalue weighted by Gasteiger charge is -2.32. The first-order valence-electron chi connectivity index (χ1n) is 7.21. The fourth-order valence-electron chi connectivity index (χ4n) is 3.06. The monoisotopic (exact) mass is 304 g/mol. The lowest BCUT2D eigenvalue weighted by molar-refractivity contribution is -0.550. The van der Waals surface area contributed by atoms with Gasteiger partial charge in [0.1, 0.15) is 5.71 Å². The van der Waals surface area contributed by atoms with Gasteiger partial charge in [-0.15, -0.1) is 0 Å². The predicted octanol–water partition coefficient (Wildman–Crippen LogP) is 1.75. The highest BCUT2D eigenvalue weighted by Gasteiger charge is 2.55. The first-order chi connectivity index (χ1) is 10.6. The Morgan fingerprint density at radius 1 is 1.41 bits per heavy atom. The molecule has 0 saturated heterocycles. The largest absolute Gasteiger partial charge is 0.381 e. The molecule has 1 aliphatic carbocycles.